The molecule has 2 heterocycles. The standard InChI is InChI=1S/C12H13N3O2/c1-3-17-12(16)9-7-14-11-8(2)5-4-6-15(11)10(9)13/h4-7,13H,3H2,1-2H3. The average molecular weight is 231 g/mol. The molecule has 0 amide bonds. The highest BCUT2D eigenvalue weighted by atomic mass is 16.5. The molecule has 0 aliphatic rings. The summed E-state index contributed by atoms with van der Waals surface area (Å²) in [6.07, 6.45) is 3.10. The van der Waals surface area contributed by atoms with E-state index in [0.717, 1.165) is 5.56 Å². The molecule has 1 N–H and O–H groups in total. The largest absolute Gasteiger partial charge is 0.462 e. The summed E-state index contributed by atoms with van der Waals surface area (Å²) in [5.74, 6) is -0.513. The molecule has 2 aromatic heterocycles. The highest BCUT2D eigenvalue weighted by molar-refractivity contribution is 5.88. The van der Waals surface area contributed by atoms with Gasteiger partial charge in [-0.15, -0.1) is 0 Å². The van der Waals surface area contributed by atoms with Crippen LogP contribution in [0, 0.1) is 12.3 Å². The van der Waals surface area contributed by atoms with E-state index in [4.69, 9.17) is 10.1 Å². The minimum absolute atomic E-state index is 0.0946. The van der Waals surface area contributed by atoms with Crippen molar-refractivity contribution in [3.8, 4) is 0 Å². The van der Waals surface area contributed by atoms with E-state index in [-0.39, 0.29) is 17.7 Å². The minimum atomic E-state index is -0.513. The zero-order chi connectivity index (χ0) is 12.4. The number of fused-ring (bicyclic) bond motifs is 1. The maximum atomic E-state index is 11.6. The first-order valence-corrected chi connectivity index (χ1v) is 5.34. The molecule has 0 aliphatic carbocycles. The fourth-order valence-electron chi connectivity index (χ4n) is 1.63. The van der Waals surface area contributed by atoms with E-state index < -0.39 is 5.97 Å². The lowest BCUT2D eigenvalue weighted by Crippen LogP contribution is -2.24. The van der Waals surface area contributed by atoms with Crippen LogP contribution < -0.4 is 5.49 Å². The van der Waals surface area contributed by atoms with Gasteiger partial charge in [-0.3, -0.25) is 9.81 Å². The lowest BCUT2D eigenvalue weighted by molar-refractivity contribution is 0.0523. The van der Waals surface area contributed by atoms with Gasteiger partial charge in [-0.05, 0) is 25.5 Å². The minimum Gasteiger partial charge on any atom is -0.462 e. The van der Waals surface area contributed by atoms with Gasteiger partial charge in [-0.25, -0.2) is 9.78 Å². The predicted octanol–water partition coefficient (Wildman–Crippen LogP) is 1.30. The fourth-order valence-corrected chi connectivity index (χ4v) is 1.63. The number of pyridine rings is 1. The van der Waals surface area contributed by atoms with Crippen LogP contribution in [0.5, 0.6) is 0 Å². The summed E-state index contributed by atoms with van der Waals surface area (Å²) in [5.41, 5.74) is 1.90. The van der Waals surface area contributed by atoms with E-state index in [0.29, 0.717) is 5.65 Å². The Kier molecular flexibility index (Phi) is 2.91. The number of aryl methyl sites for hydroxylation is 1. The zero-order valence-electron chi connectivity index (χ0n) is 9.73. The first-order valence-electron chi connectivity index (χ1n) is 5.34. The van der Waals surface area contributed by atoms with Crippen molar-refractivity contribution in [2.45, 2.75) is 13.8 Å². The Morgan fingerprint density at radius 1 is 1.59 bits per heavy atom. The maximum absolute atomic E-state index is 11.6. The third-order valence-electron chi connectivity index (χ3n) is 2.47. The third kappa shape index (κ3) is 1.91. The maximum Gasteiger partial charge on any atom is 0.343 e. The molecule has 0 saturated carbocycles. The predicted molar refractivity (Wildman–Crippen MR) is 61.7 cm³/mol. The van der Waals surface area contributed by atoms with Gasteiger partial charge in [0.15, 0.2) is 0 Å². The highest BCUT2D eigenvalue weighted by Gasteiger charge is 2.11. The molecule has 0 fully saturated rings. The SMILES string of the molecule is CCOC(=O)c1cnc2c(C)cccn2c1=N. The molecule has 17 heavy (non-hydrogen) atoms. The van der Waals surface area contributed by atoms with E-state index in [2.05, 4.69) is 4.98 Å². The second-order valence-electron chi connectivity index (χ2n) is 3.63. The molecule has 0 saturated heterocycles. The summed E-state index contributed by atoms with van der Waals surface area (Å²) < 4.78 is 6.45. The number of hydrogen-bond donors (Lipinski definition) is 1. The van der Waals surface area contributed by atoms with Crippen LogP contribution in [0.3, 0.4) is 0 Å². The first kappa shape index (κ1) is 11.3. The Hall–Kier alpha value is -2.17. The van der Waals surface area contributed by atoms with Gasteiger partial charge < -0.3 is 4.74 Å². The van der Waals surface area contributed by atoms with Gasteiger partial charge in [0.1, 0.15) is 16.7 Å². The van der Waals surface area contributed by atoms with E-state index in [1.165, 1.54) is 6.20 Å². The van der Waals surface area contributed by atoms with Crippen molar-refractivity contribution < 1.29 is 9.53 Å². The summed E-state index contributed by atoms with van der Waals surface area (Å²) in [6.45, 7) is 3.92. The Bertz CT molecular complexity index is 631. The number of aromatic nitrogens is 2. The summed E-state index contributed by atoms with van der Waals surface area (Å²) >= 11 is 0. The van der Waals surface area contributed by atoms with Gasteiger partial charge in [0.25, 0.3) is 0 Å². The van der Waals surface area contributed by atoms with Crippen molar-refractivity contribution >= 4 is 11.6 Å². The lowest BCUT2D eigenvalue weighted by Gasteiger charge is -2.06. The van der Waals surface area contributed by atoms with Gasteiger partial charge in [0.05, 0.1) is 6.61 Å². The lowest BCUT2D eigenvalue weighted by atomic mass is 10.2. The van der Waals surface area contributed by atoms with Gasteiger partial charge >= 0.3 is 5.97 Å². The smallest absolute Gasteiger partial charge is 0.343 e. The number of ether oxygens (including phenoxy) is 1. The summed E-state index contributed by atoms with van der Waals surface area (Å²) in [5, 5.41) is 7.97. The van der Waals surface area contributed by atoms with Crippen LogP contribution >= 0.6 is 0 Å². The number of rotatable bonds is 2. The molecule has 5 heteroatoms. The van der Waals surface area contributed by atoms with Crippen molar-refractivity contribution in [3.63, 3.8) is 0 Å². The molecule has 0 atom stereocenters. The molecule has 5 nitrogen and oxygen atoms in total. The second kappa shape index (κ2) is 4.37. The van der Waals surface area contributed by atoms with Crippen LogP contribution in [0.2, 0.25) is 0 Å². The Morgan fingerprint density at radius 3 is 3.06 bits per heavy atom. The molecule has 88 valence electrons. The van der Waals surface area contributed by atoms with Crippen LogP contribution in [-0.2, 0) is 4.74 Å². The van der Waals surface area contributed by atoms with Gasteiger partial charge in [-0.1, -0.05) is 6.07 Å². The molecule has 0 radical (unpaired) electrons. The van der Waals surface area contributed by atoms with E-state index in [9.17, 15) is 4.79 Å². The Morgan fingerprint density at radius 2 is 2.35 bits per heavy atom. The van der Waals surface area contributed by atoms with Crippen molar-refractivity contribution in [3.05, 3.63) is 41.1 Å². The van der Waals surface area contributed by atoms with Crippen molar-refractivity contribution in [2.75, 3.05) is 6.61 Å². The number of nitrogens with zero attached hydrogens (tertiary/aromatic N) is 2. The van der Waals surface area contributed by atoms with Crippen molar-refractivity contribution in [1.29, 1.82) is 5.41 Å². The number of hydrogen-bond acceptors (Lipinski definition) is 4. The monoisotopic (exact) mass is 231 g/mol. The highest BCUT2D eigenvalue weighted by Crippen LogP contribution is 2.05. The summed E-state index contributed by atoms with van der Waals surface area (Å²) in [4.78, 5) is 15.8. The number of esters is 1. The van der Waals surface area contributed by atoms with Crippen LogP contribution in [0.4, 0.5) is 0 Å². The Labute approximate surface area is 98.2 Å². The van der Waals surface area contributed by atoms with E-state index in [1.807, 2.05) is 19.1 Å². The molecular formula is C12H13N3O2. The molecular weight excluding hydrogens is 218 g/mol. The van der Waals surface area contributed by atoms with Crippen molar-refractivity contribution in [2.24, 2.45) is 0 Å². The topological polar surface area (TPSA) is 67.4 Å². The van der Waals surface area contributed by atoms with Gasteiger partial charge in [-0.2, -0.15) is 0 Å². The molecule has 0 unspecified atom stereocenters. The second-order valence-corrected chi connectivity index (χ2v) is 3.63. The van der Waals surface area contributed by atoms with Crippen LogP contribution in [0.1, 0.15) is 22.8 Å². The van der Waals surface area contributed by atoms with Crippen LogP contribution in [0.25, 0.3) is 5.65 Å². The molecule has 0 aromatic carbocycles. The van der Waals surface area contributed by atoms with Crippen LogP contribution in [-0.4, -0.2) is 22.0 Å². The quantitative estimate of drug-likeness (QED) is 0.792. The fraction of sp³-hybridized carbons (Fsp3) is 0.250. The first-order chi connectivity index (χ1) is 8.15. The number of carbonyl (C=O) groups is 1. The normalized spacial score (nSPS) is 10.5. The number of nitrogens with one attached hydrogen (secondary N) is 1. The van der Waals surface area contributed by atoms with Crippen LogP contribution in [0.15, 0.2) is 24.5 Å². The summed E-state index contributed by atoms with van der Waals surface area (Å²) in [7, 11) is 0. The van der Waals surface area contributed by atoms with E-state index >= 15 is 0 Å². The third-order valence-corrected chi connectivity index (χ3v) is 2.47. The molecule has 0 bridgehead atoms. The molecule has 2 rings (SSSR count). The molecule has 0 aliphatic heterocycles. The molecule has 2 aromatic rings. The summed E-state index contributed by atoms with van der Waals surface area (Å²) in [6, 6.07) is 3.72. The van der Waals surface area contributed by atoms with E-state index in [1.54, 1.807) is 17.5 Å². The number of carbonyl (C=O) groups excluding carboxylic acids is 1. The Balaban J connectivity index is 2.67. The zero-order valence-corrected chi connectivity index (χ0v) is 9.73. The van der Waals surface area contributed by atoms with Gasteiger partial charge in [0.2, 0.25) is 0 Å². The molecule has 0 spiro atoms. The van der Waals surface area contributed by atoms with Crippen molar-refractivity contribution in [1.82, 2.24) is 9.38 Å². The average Bonchev–Trinajstić information content (AvgIpc) is 2.31. The van der Waals surface area contributed by atoms with Gasteiger partial charge in [0, 0.05) is 12.4 Å².